The third kappa shape index (κ3) is 7.82. The summed E-state index contributed by atoms with van der Waals surface area (Å²) in [5.41, 5.74) is 8.09. The maximum atomic E-state index is 5.91. The highest BCUT2D eigenvalue weighted by Crippen LogP contribution is 2.13. The molecule has 160 valence electrons. The average molecular weight is 426 g/mol. The summed E-state index contributed by atoms with van der Waals surface area (Å²) in [5, 5.41) is 8.60. The van der Waals surface area contributed by atoms with Gasteiger partial charge < -0.3 is 15.4 Å². The molecule has 7 heteroatoms. The van der Waals surface area contributed by atoms with Crippen LogP contribution in [0.2, 0.25) is 0 Å². The molecular weight excluding hydrogens is 394 g/mol. The number of likely N-dealkylation sites (N-methyl/N-ethyl adjacent to an activating group) is 1. The Morgan fingerprint density at radius 2 is 1.73 bits per heavy atom. The molecule has 3 rings (SSSR count). The van der Waals surface area contributed by atoms with Crippen LogP contribution in [-0.4, -0.2) is 67.1 Å². The molecule has 1 saturated heterocycles. The largest absolute Gasteiger partial charge is 0.492 e. The van der Waals surface area contributed by atoms with Crippen LogP contribution in [0, 0.1) is 0 Å². The first-order valence-electron chi connectivity index (χ1n) is 10.4. The van der Waals surface area contributed by atoms with Crippen molar-refractivity contribution in [2.75, 3.05) is 45.9 Å². The molecule has 6 nitrogen and oxygen atoms in total. The van der Waals surface area contributed by atoms with Crippen molar-refractivity contribution in [3.63, 3.8) is 0 Å². The summed E-state index contributed by atoms with van der Waals surface area (Å²) in [5.74, 6) is 1.66. The maximum Gasteiger partial charge on any atom is 0.180 e. The van der Waals surface area contributed by atoms with E-state index in [0.717, 1.165) is 56.3 Å². The molecule has 0 saturated carbocycles. The lowest BCUT2D eigenvalue weighted by atomic mass is 10.2. The topological polar surface area (TPSA) is 66.5 Å². The molecule has 0 spiro atoms. The summed E-state index contributed by atoms with van der Waals surface area (Å²) in [7, 11) is 0. The quantitative estimate of drug-likeness (QED) is 0.379. The molecule has 0 amide bonds. The Hall–Kier alpha value is -2.35. The Balaban J connectivity index is 1.36. The van der Waals surface area contributed by atoms with E-state index in [4.69, 9.17) is 10.5 Å². The van der Waals surface area contributed by atoms with Gasteiger partial charge in [-0.15, -0.1) is 5.10 Å². The minimum absolute atomic E-state index is 0.454. The van der Waals surface area contributed by atoms with Crippen molar-refractivity contribution in [2.45, 2.75) is 12.7 Å². The fourth-order valence-corrected chi connectivity index (χ4v) is 3.80. The Labute approximate surface area is 183 Å². The van der Waals surface area contributed by atoms with Gasteiger partial charge >= 0.3 is 0 Å². The minimum atomic E-state index is 0.454. The van der Waals surface area contributed by atoms with Crippen LogP contribution in [0.25, 0.3) is 0 Å². The van der Waals surface area contributed by atoms with Gasteiger partial charge in [-0.05, 0) is 41.9 Å². The normalized spacial score (nSPS) is 16.2. The van der Waals surface area contributed by atoms with Gasteiger partial charge in [-0.25, -0.2) is 0 Å². The van der Waals surface area contributed by atoms with Gasteiger partial charge in [0.05, 0.1) is 6.21 Å². The molecule has 0 unspecified atom stereocenters. The van der Waals surface area contributed by atoms with Crippen molar-refractivity contribution in [2.24, 2.45) is 15.9 Å². The standard InChI is InChI=1S/C23H31N5OS/c1-2-27-12-14-28(15-13-27)16-17-29-22-10-8-20(9-11-22)18-25-26-23(24)30-19-21-6-4-3-5-7-21/h3-11,18H,2,12-17,19H2,1H3,(H2,24,26). The number of amidine groups is 1. The van der Waals surface area contributed by atoms with Gasteiger partial charge in [-0.1, -0.05) is 49.0 Å². The highest BCUT2D eigenvalue weighted by Gasteiger charge is 2.14. The molecule has 0 radical (unpaired) electrons. The first-order valence-corrected chi connectivity index (χ1v) is 11.4. The summed E-state index contributed by atoms with van der Waals surface area (Å²) in [6.07, 6.45) is 1.70. The molecule has 1 heterocycles. The predicted molar refractivity (Wildman–Crippen MR) is 127 cm³/mol. The average Bonchev–Trinajstić information content (AvgIpc) is 2.80. The molecular formula is C23H31N5OS. The zero-order valence-corrected chi connectivity index (χ0v) is 18.4. The van der Waals surface area contributed by atoms with Crippen LogP contribution in [0.15, 0.2) is 64.8 Å². The van der Waals surface area contributed by atoms with Crippen LogP contribution >= 0.6 is 11.8 Å². The van der Waals surface area contributed by atoms with E-state index >= 15 is 0 Å². The number of rotatable bonds is 9. The molecule has 1 aliphatic rings. The maximum absolute atomic E-state index is 5.91. The van der Waals surface area contributed by atoms with Crippen LogP contribution in [-0.2, 0) is 5.75 Å². The summed E-state index contributed by atoms with van der Waals surface area (Å²) in [6.45, 7) is 9.60. The number of benzene rings is 2. The fourth-order valence-electron chi connectivity index (χ4n) is 3.18. The number of hydrogen-bond acceptors (Lipinski definition) is 6. The van der Waals surface area contributed by atoms with Gasteiger partial charge in [0.15, 0.2) is 5.17 Å². The number of thioether (sulfide) groups is 1. The molecule has 2 aromatic carbocycles. The van der Waals surface area contributed by atoms with E-state index in [9.17, 15) is 0 Å². The third-order valence-electron chi connectivity index (χ3n) is 5.06. The van der Waals surface area contributed by atoms with Crippen LogP contribution in [0.1, 0.15) is 18.1 Å². The molecule has 0 atom stereocenters. The molecule has 0 aliphatic carbocycles. The van der Waals surface area contributed by atoms with Crippen molar-refractivity contribution in [1.82, 2.24) is 9.80 Å². The monoisotopic (exact) mass is 425 g/mol. The summed E-state index contributed by atoms with van der Waals surface area (Å²) in [4.78, 5) is 4.95. The van der Waals surface area contributed by atoms with Gasteiger partial charge in [-0.3, -0.25) is 4.90 Å². The Bertz CT molecular complexity index is 802. The smallest absolute Gasteiger partial charge is 0.180 e. The van der Waals surface area contributed by atoms with Crippen LogP contribution in [0.4, 0.5) is 0 Å². The lowest BCUT2D eigenvalue weighted by Gasteiger charge is -2.33. The predicted octanol–water partition coefficient (Wildman–Crippen LogP) is 3.28. The van der Waals surface area contributed by atoms with Crippen LogP contribution in [0.5, 0.6) is 5.75 Å². The molecule has 2 N–H and O–H groups in total. The Morgan fingerprint density at radius 3 is 2.43 bits per heavy atom. The Morgan fingerprint density at radius 1 is 1.03 bits per heavy atom. The molecule has 2 aromatic rings. The number of nitrogens with two attached hydrogens (primary N) is 1. The first-order chi connectivity index (χ1) is 14.7. The summed E-state index contributed by atoms with van der Waals surface area (Å²) < 4.78 is 5.88. The van der Waals surface area contributed by atoms with Gasteiger partial charge in [0, 0.05) is 38.5 Å². The lowest BCUT2D eigenvalue weighted by Crippen LogP contribution is -2.47. The number of piperazine rings is 1. The lowest BCUT2D eigenvalue weighted by molar-refractivity contribution is 0.121. The SMILES string of the molecule is CCN1CCN(CCOc2ccc(C=NN=C(N)SCc3ccccc3)cc2)CC1. The fraction of sp³-hybridized carbons (Fsp3) is 0.391. The molecule has 1 aliphatic heterocycles. The summed E-state index contributed by atoms with van der Waals surface area (Å²) in [6, 6.07) is 18.1. The zero-order valence-electron chi connectivity index (χ0n) is 17.6. The second-order valence-corrected chi connectivity index (χ2v) is 8.15. The van der Waals surface area contributed by atoms with E-state index < -0.39 is 0 Å². The minimum Gasteiger partial charge on any atom is -0.492 e. The highest BCUT2D eigenvalue weighted by molar-refractivity contribution is 8.13. The second kappa shape index (κ2) is 12.4. The van der Waals surface area contributed by atoms with Crippen molar-refractivity contribution < 1.29 is 4.74 Å². The number of hydrogen-bond donors (Lipinski definition) is 1. The van der Waals surface area contributed by atoms with E-state index in [1.54, 1.807) is 6.21 Å². The van der Waals surface area contributed by atoms with Crippen molar-refractivity contribution in [1.29, 1.82) is 0 Å². The second-order valence-electron chi connectivity index (χ2n) is 7.15. The van der Waals surface area contributed by atoms with Crippen molar-refractivity contribution >= 4 is 23.1 Å². The van der Waals surface area contributed by atoms with Gasteiger partial charge in [0.25, 0.3) is 0 Å². The van der Waals surface area contributed by atoms with E-state index in [2.05, 4.69) is 39.1 Å². The van der Waals surface area contributed by atoms with E-state index in [1.165, 1.54) is 17.3 Å². The number of nitrogens with zero attached hydrogens (tertiary/aromatic N) is 4. The Kier molecular flexibility index (Phi) is 9.21. The van der Waals surface area contributed by atoms with Crippen molar-refractivity contribution in [3.8, 4) is 5.75 Å². The number of ether oxygens (including phenoxy) is 1. The van der Waals surface area contributed by atoms with Gasteiger partial charge in [0.2, 0.25) is 0 Å². The zero-order chi connectivity index (χ0) is 21.0. The van der Waals surface area contributed by atoms with E-state index in [0.29, 0.717) is 11.8 Å². The molecule has 1 fully saturated rings. The van der Waals surface area contributed by atoms with Gasteiger partial charge in [0.1, 0.15) is 12.4 Å². The van der Waals surface area contributed by atoms with Crippen LogP contribution < -0.4 is 10.5 Å². The molecule has 30 heavy (non-hydrogen) atoms. The third-order valence-corrected chi connectivity index (χ3v) is 5.92. The highest BCUT2D eigenvalue weighted by atomic mass is 32.2. The van der Waals surface area contributed by atoms with Crippen molar-refractivity contribution in [3.05, 3.63) is 65.7 Å². The molecule has 0 aromatic heterocycles. The first kappa shape index (κ1) is 22.3. The van der Waals surface area contributed by atoms with E-state index in [1.807, 2.05) is 42.5 Å². The van der Waals surface area contributed by atoms with E-state index in [-0.39, 0.29) is 0 Å². The van der Waals surface area contributed by atoms with Crippen LogP contribution in [0.3, 0.4) is 0 Å². The summed E-state index contributed by atoms with van der Waals surface area (Å²) >= 11 is 1.48. The molecule has 0 bridgehead atoms. The van der Waals surface area contributed by atoms with Gasteiger partial charge in [-0.2, -0.15) is 5.10 Å².